The molecule has 5 nitrogen and oxygen atoms in total. The van der Waals surface area contributed by atoms with Gasteiger partial charge in [0.05, 0.1) is 29.7 Å². The van der Waals surface area contributed by atoms with Crippen LogP contribution in [-0.4, -0.2) is 19.1 Å². The van der Waals surface area contributed by atoms with Gasteiger partial charge < -0.3 is 5.11 Å². The number of hydrogen-bond donors (Lipinski definition) is 1. The van der Waals surface area contributed by atoms with Gasteiger partial charge in [0.2, 0.25) is 0 Å². The molecule has 0 bridgehead atoms. The van der Waals surface area contributed by atoms with Gasteiger partial charge in [0.15, 0.2) is 0 Å². The molecule has 0 saturated carbocycles. The van der Waals surface area contributed by atoms with E-state index in [9.17, 15) is 9.90 Å². The minimum Gasteiger partial charge on any atom is -0.387 e. The van der Waals surface area contributed by atoms with E-state index < -0.39 is 6.10 Å². The van der Waals surface area contributed by atoms with Crippen molar-refractivity contribution in [3.8, 4) is 0 Å². The fourth-order valence-corrected chi connectivity index (χ4v) is 3.19. The molecule has 0 aliphatic carbocycles. The molecule has 4 aromatic rings. The Morgan fingerprint density at radius 2 is 1.88 bits per heavy atom. The molecule has 2 aromatic heterocycles. The Morgan fingerprint density at radius 3 is 2.67 bits per heavy atom. The summed E-state index contributed by atoms with van der Waals surface area (Å²) in [5.74, 6) is 0. The highest BCUT2D eigenvalue weighted by Gasteiger charge is 2.15. The number of benzene rings is 2. The molecule has 6 heteroatoms. The lowest BCUT2D eigenvalue weighted by atomic mass is 10.1. The van der Waals surface area contributed by atoms with E-state index in [2.05, 4.69) is 20.9 Å². The smallest absolute Gasteiger partial charge is 0.261 e. The van der Waals surface area contributed by atoms with Crippen molar-refractivity contribution in [1.82, 2.24) is 14.0 Å². The number of hydrogen-bond acceptors (Lipinski definition) is 3. The van der Waals surface area contributed by atoms with E-state index in [4.69, 9.17) is 0 Å². The zero-order valence-electron chi connectivity index (χ0n) is 12.6. The highest BCUT2D eigenvalue weighted by Crippen LogP contribution is 2.20. The van der Waals surface area contributed by atoms with Gasteiger partial charge in [-0.15, -0.1) is 0 Å². The van der Waals surface area contributed by atoms with Crippen molar-refractivity contribution < 1.29 is 5.11 Å². The maximum absolute atomic E-state index is 12.9. The van der Waals surface area contributed by atoms with Gasteiger partial charge in [-0.05, 0) is 29.8 Å². The minimum absolute atomic E-state index is 0.130. The molecule has 0 radical (unpaired) electrons. The summed E-state index contributed by atoms with van der Waals surface area (Å²) in [6.45, 7) is 0.167. The first-order valence-electron chi connectivity index (χ1n) is 7.52. The number of aromatic nitrogens is 3. The largest absolute Gasteiger partial charge is 0.387 e. The number of rotatable bonds is 3. The van der Waals surface area contributed by atoms with Gasteiger partial charge in [0.25, 0.3) is 5.56 Å². The van der Waals surface area contributed by atoms with Crippen molar-refractivity contribution >= 4 is 32.5 Å². The normalized spacial score (nSPS) is 12.8. The van der Waals surface area contributed by atoms with E-state index in [1.807, 2.05) is 46.9 Å². The number of para-hydroxylation sites is 1. The van der Waals surface area contributed by atoms with E-state index in [0.717, 1.165) is 15.6 Å². The van der Waals surface area contributed by atoms with Gasteiger partial charge in [-0.1, -0.05) is 40.2 Å². The Labute approximate surface area is 145 Å². The third kappa shape index (κ3) is 2.44. The summed E-state index contributed by atoms with van der Waals surface area (Å²) in [5.41, 5.74) is 2.10. The molecule has 1 atom stereocenters. The van der Waals surface area contributed by atoms with Crippen molar-refractivity contribution in [1.29, 1.82) is 0 Å². The molecule has 1 N–H and O–H groups in total. The maximum Gasteiger partial charge on any atom is 0.261 e. The molecule has 1 unspecified atom stereocenters. The molecular weight excluding hydrogens is 370 g/mol. The lowest BCUT2D eigenvalue weighted by Crippen LogP contribution is -2.25. The molecule has 0 fully saturated rings. The van der Waals surface area contributed by atoms with Crippen molar-refractivity contribution in [2.75, 3.05) is 0 Å². The fraction of sp³-hybridized carbons (Fsp3) is 0.111. The Kier molecular flexibility index (Phi) is 3.70. The number of aliphatic hydroxyl groups excluding tert-OH is 1. The Hall–Kier alpha value is -2.44. The van der Waals surface area contributed by atoms with E-state index >= 15 is 0 Å². The summed E-state index contributed by atoms with van der Waals surface area (Å²) in [6, 6.07) is 14.8. The van der Waals surface area contributed by atoms with Crippen LogP contribution in [-0.2, 0) is 6.54 Å². The van der Waals surface area contributed by atoms with E-state index in [0.29, 0.717) is 11.0 Å². The van der Waals surface area contributed by atoms with Crippen LogP contribution in [0.15, 0.2) is 70.3 Å². The van der Waals surface area contributed by atoms with Gasteiger partial charge in [-0.2, -0.15) is 0 Å². The van der Waals surface area contributed by atoms with E-state index in [-0.39, 0.29) is 12.1 Å². The second-order valence-corrected chi connectivity index (χ2v) is 6.54. The van der Waals surface area contributed by atoms with Crippen LogP contribution in [0.3, 0.4) is 0 Å². The first-order valence-corrected chi connectivity index (χ1v) is 8.31. The third-order valence-electron chi connectivity index (χ3n) is 4.14. The molecule has 0 aliphatic heterocycles. The van der Waals surface area contributed by atoms with E-state index in [1.165, 1.54) is 0 Å². The standard InChI is InChI=1S/C18H14BrN3O2/c19-13-7-5-12(6-8-13)16(23)10-21-17-9-20-11-22(17)15-4-2-1-3-14(15)18(21)24/h1-9,11,16,23H,10H2. The first-order chi connectivity index (χ1) is 11.6. The molecule has 0 spiro atoms. The zero-order chi connectivity index (χ0) is 16.7. The van der Waals surface area contributed by atoms with Crippen LogP contribution in [0.2, 0.25) is 0 Å². The third-order valence-corrected chi connectivity index (χ3v) is 4.67. The van der Waals surface area contributed by atoms with Gasteiger partial charge in [0, 0.05) is 4.47 Å². The summed E-state index contributed by atoms with van der Waals surface area (Å²) >= 11 is 3.38. The molecule has 0 aliphatic rings. The van der Waals surface area contributed by atoms with Crippen molar-refractivity contribution in [2.24, 2.45) is 0 Å². The van der Waals surface area contributed by atoms with Crippen molar-refractivity contribution in [3.63, 3.8) is 0 Å². The number of halogens is 1. The molecule has 4 rings (SSSR count). The van der Waals surface area contributed by atoms with Gasteiger partial charge in [-0.25, -0.2) is 4.98 Å². The maximum atomic E-state index is 12.9. The van der Waals surface area contributed by atoms with Crippen LogP contribution in [0.4, 0.5) is 0 Å². The van der Waals surface area contributed by atoms with Crippen LogP contribution >= 0.6 is 15.9 Å². The number of imidazole rings is 1. The van der Waals surface area contributed by atoms with Gasteiger partial charge in [0.1, 0.15) is 12.0 Å². The van der Waals surface area contributed by atoms with Gasteiger partial charge in [-0.3, -0.25) is 13.8 Å². The highest BCUT2D eigenvalue weighted by molar-refractivity contribution is 9.10. The summed E-state index contributed by atoms with van der Waals surface area (Å²) in [4.78, 5) is 17.0. The summed E-state index contributed by atoms with van der Waals surface area (Å²) in [7, 11) is 0. The topological polar surface area (TPSA) is 59.5 Å². The Balaban J connectivity index is 1.86. The summed E-state index contributed by atoms with van der Waals surface area (Å²) < 4.78 is 4.38. The van der Waals surface area contributed by atoms with Crippen LogP contribution in [0.5, 0.6) is 0 Å². The van der Waals surface area contributed by atoms with Crippen molar-refractivity contribution in [3.05, 3.63) is 81.4 Å². The minimum atomic E-state index is -0.782. The average Bonchev–Trinajstić information content (AvgIpc) is 3.09. The van der Waals surface area contributed by atoms with Crippen LogP contribution in [0.25, 0.3) is 16.6 Å². The predicted molar refractivity (Wildman–Crippen MR) is 96.1 cm³/mol. The number of fused-ring (bicyclic) bond motifs is 3. The van der Waals surface area contributed by atoms with E-state index in [1.54, 1.807) is 23.2 Å². The van der Waals surface area contributed by atoms with Crippen LogP contribution in [0, 0.1) is 0 Å². The van der Waals surface area contributed by atoms with Crippen LogP contribution < -0.4 is 5.56 Å². The molecule has 24 heavy (non-hydrogen) atoms. The monoisotopic (exact) mass is 383 g/mol. The van der Waals surface area contributed by atoms with Gasteiger partial charge >= 0.3 is 0 Å². The molecule has 0 saturated heterocycles. The molecule has 2 heterocycles. The highest BCUT2D eigenvalue weighted by atomic mass is 79.9. The first kappa shape index (κ1) is 15.1. The molecule has 120 valence electrons. The van der Waals surface area contributed by atoms with Crippen LogP contribution in [0.1, 0.15) is 11.7 Å². The predicted octanol–water partition coefficient (Wildman–Crippen LogP) is 3.15. The average molecular weight is 384 g/mol. The lowest BCUT2D eigenvalue weighted by molar-refractivity contribution is 0.156. The lowest BCUT2D eigenvalue weighted by Gasteiger charge is -2.16. The number of aliphatic hydroxyl groups is 1. The molecule has 2 aromatic carbocycles. The summed E-state index contributed by atoms with van der Waals surface area (Å²) in [5, 5.41) is 11.2. The quantitative estimate of drug-likeness (QED) is 0.591. The van der Waals surface area contributed by atoms with Crippen molar-refractivity contribution in [2.45, 2.75) is 12.6 Å². The second kappa shape index (κ2) is 5.89. The SMILES string of the molecule is O=c1c2ccccc2n2cncc2n1CC(O)c1ccc(Br)cc1. The zero-order valence-corrected chi connectivity index (χ0v) is 14.2. The fourth-order valence-electron chi connectivity index (χ4n) is 2.93. The molecule has 0 amide bonds. The Bertz CT molecular complexity index is 1080. The second-order valence-electron chi connectivity index (χ2n) is 5.62. The Morgan fingerprint density at radius 1 is 1.12 bits per heavy atom. The number of nitrogens with zero attached hydrogens (tertiary/aromatic N) is 3. The molecular formula is C18H14BrN3O2. The summed E-state index contributed by atoms with van der Waals surface area (Å²) in [6.07, 6.45) is 2.54.